The van der Waals surface area contributed by atoms with Crippen LogP contribution in [0.25, 0.3) is 5.78 Å². The average molecular weight is 314 g/mol. The van der Waals surface area contributed by atoms with E-state index < -0.39 is 0 Å². The Morgan fingerprint density at radius 3 is 2.64 bits per heavy atom. The van der Waals surface area contributed by atoms with Gasteiger partial charge >= 0.3 is 0 Å². The molecule has 0 saturated heterocycles. The van der Waals surface area contributed by atoms with Crippen LogP contribution in [0.1, 0.15) is 36.6 Å². The van der Waals surface area contributed by atoms with Gasteiger partial charge in [-0.05, 0) is 24.0 Å². The highest BCUT2D eigenvalue weighted by atomic mass is 32.2. The maximum absolute atomic E-state index is 11.8. The molecule has 0 saturated carbocycles. The van der Waals surface area contributed by atoms with E-state index in [-0.39, 0.29) is 5.56 Å². The highest BCUT2D eigenvalue weighted by molar-refractivity contribution is 7.98. The van der Waals surface area contributed by atoms with Gasteiger partial charge in [-0.25, -0.2) is 4.98 Å². The molecule has 0 spiro atoms. The Morgan fingerprint density at radius 1 is 1.23 bits per heavy atom. The molecule has 0 radical (unpaired) electrons. The first-order chi connectivity index (χ1) is 10.5. The number of nitrogens with one attached hydrogen (secondary N) is 1. The molecule has 22 heavy (non-hydrogen) atoms. The number of hydrogen-bond donors (Lipinski definition) is 1. The predicted octanol–water partition coefficient (Wildman–Crippen LogP) is 3.14. The van der Waals surface area contributed by atoms with E-state index in [0.717, 1.165) is 5.75 Å². The predicted molar refractivity (Wildman–Crippen MR) is 88.4 cm³/mol. The summed E-state index contributed by atoms with van der Waals surface area (Å²) >= 11 is 1.56. The summed E-state index contributed by atoms with van der Waals surface area (Å²) in [5, 5.41) is 3.68. The van der Waals surface area contributed by atoms with Gasteiger partial charge in [0, 0.05) is 17.5 Å². The van der Waals surface area contributed by atoms with Gasteiger partial charge in [0.25, 0.3) is 11.3 Å². The van der Waals surface area contributed by atoms with E-state index in [1.54, 1.807) is 18.7 Å². The molecule has 0 amide bonds. The lowest BCUT2D eigenvalue weighted by Gasteiger charge is -2.06. The van der Waals surface area contributed by atoms with Crippen molar-refractivity contribution in [3.8, 4) is 0 Å². The molecule has 2 aromatic heterocycles. The molecule has 1 N–H and O–H groups in total. The van der Waals surface area contributed by atoms with Gasteiger partial charge in [-0.3, -0.25) is 9.89 Å². The second-order valence-corrected chi connectivity index (χ2v) is 6.55. The Morgan fingerprint density at radius 2 is 1.95 bits per heavy atom. The Balaban J connectivity index is 1.76. The molecule has 1 aromatic carbocycles. The lowest BCUT2D eigenvalue weighted by atomic mass is 10.0. The number of thioether (sulfide) groups is 1. The Hall–Kier alpha value is -2.08. The SMILES string of the molecule is Cc1cc(=O)n2[nH]c(SCc3ccc(C(C)C)cc3)nc2n1. The minimum absolute atomic E-state index is 0.136. The van der Waals surface area contributed by atoms with E-state index in [4.69, 9.17) is 0 Å². The quantitative estimate of drug-likeness (QED) is 0.751. The van der Waals surface area contributed by atoms with Crippen LogP contribution in [0.4, 0.5) is 0 Å². The molecule has 0 unspecified atom stereocenters. The Bertz CT molecular complexity index is 849. The summed E-state index contributed by atoms with van der Waals surface area (Å²) in [6.45, 7) is 6.16. The molecule has 114 valence electrons. The van der Waals surface area contributed by atoms with E-state index in [9.17, 15) is 4.79 Å². The fraction of sp³-hybridized carbons (Fsp3) is 0.312. The fourth-order valence-electron chi connectivity index (χ4n) is 2.19. The van der Waals surface area contributed by atoms with Gasteiger partial charge in [-0.2, -0.15) is 9.50 Å². The molecule has 3 rings (SSSR count). The van der Waals surface area contributed by atoms with E-state index >= 15 is 0 Å². The summed E-state index contributed by atoms with van der Waals surface area (Å²) in [4.78, 5) is 20.4. The second-order valence-electron chi connectivity index (χ2n) is 5.58. The smallest absolute Gasteiger partial charge is 0.267 e. The number of aromatic nitrogens is 4. The van der Waals surface area contributed by atoms with Gasteiger partial charge in [0.2, 0.25) is 0 Å². The molecule has 5 nitrogen and oxygen atoms in total. The van der Waals surface area contributed by atoms with Gasteiger partial charge in [-0.15, -0.1) is 0 Å². The summed E-state index contributed by atoms with van der Waals surface area (Å²) in [7, 11) is 0. The Labute approximate surface area is 132 Å². The van der Waals surface area contributed by atoms with Crippen LogP contribution in [0.3, 0.4) is 0 Å². The van der Waals surface area contributed by atoms with Crippen molar-refractivity contribution >= 4 is 17.5 Å². The van der Waals surface area contributed by atoms with Crippen LogP contribution >= 0.6 is 11.8 Å². The molecule has 0 bridgehead atoms. The zero-order valence-corrected chi connectivity index (χ0v) is 13.6. The van der Waals surface area contributed by atoms with E-state index in [1.165, 1.54) is 21.7 Å². The van der Waals surface area contributed by atoms with Gasteiger partial charge in [0.05, 0.1) is 0 Å². The number of benzene rings is 1. The summed E-state index contributed by atoms with van der Waals surface area (Å²) in [5.41, 5.74) is 3.11. The summed E-state index contributed by atoms with van der Waals surface area (Å²) in [5.74, 6) is 1.76. The lowest BCUT2D eigenvalue weighted by Crippen LogP contribution is -2.14. The van der Waals surface area contributed by atoms with Crippen LogP contribution < -0.4 is 5.56 Å². The van der Waals surface area contributed by atoms with Crippen molar-refractivity contribution in [1.29, 1.82) is 0 Å². The van der Waals surface area contributed by atoms with E-state index in [1.807, 2.05) is 0 Å². The molecular weight excluding hydrogens is 296 g/mol. The van der Waals surface area contributed by atoms with Crippen molar-refractivity contribution < 1.29 is 0 Å². The summed E-state index contributed by atoms with van der Waals surface area (Å²) in [6, 6.07) is 10.1. The van der Waals surface area contributed by atoms with Crippen molar-refractivity contribution in [3.63, 3.8) is 0 Å². The maximum atomic E-state index is 11.8. The molecule has 3 aromatic rings. The molecule has 0 atom stereocenters. The zero-order chi connectivity index (χ0) is 15.7. The van der Waals surface area contributed by atoms with Gasteiger partial charge in [-0.1, -0.05) is 49.9 Å². The molecule has 6 heteroatoms. The largest absolute Gasteiger partial charge is 0.274 e. The molecule has 0 aliphatic heterocycles. The molecule has 0 aliphatic carbocycles. The summed E-state index contributed by atoms with van der Waals surface area (Å²) < 4.78 is 1.37. The van der Waals surface area contributed by atoms with Crippen molar-refractivity contribution in [2.45, 2.75) is 37.6 Å². The van der Waals surface area contributed by atoms with Crippen LogP contribution in [0.2, 0.25) is 0 Å². The fourth-order valence-corrected chi connectivity index (χ4v) is 2.99. The van der Waals surface area contributed by atoms with Crippen molar-refractivity contribution in [1.82, 2.24) is 19.6 Å². The van der Waals surface area contributed by atoms with Crippen molar-refractivity contribution in [2.75, 3.05) is 0 Å². The number of rotatable bonds is 4. The highest BCUT2D eigenvalue weighted by Gasteiger charge is 2.07. The van der Waals surface area contributed by atoms with Crippen LogP contribution in [0.15, 0.2) is 40.3 Å². The number of fused-ring (bicyclic) bond motifs is 1. The first kappa shape index (κ1) is 14.8. The second kappa shape index (κ2) is 5.96. The van der Waals surface area contributed by atoms with Crippen molar-refractivity contribution in [2.24, 2.45) is 0 Å². The minimum Gasteiger partial charge on any atom is -0.267 e. The lowest BCUT2D eigenvalue weighted by molar-refractivity contribution is 0.845. The standard InChI is InChI=1S/C16H18N4OS/c1-10(2)13-6-4-12(5-7-13)9-22-16-18-15-17-11(3)8-14(21)20(15)19-16/h4-8,10H,9H2,1-3H3,(H,17,18,19). The normalized spacial score (nSPS) is 11.5. The van der Waals surface area contributed by atoms with Crippen LogP contribution in [0.5, 0.6) is 0 Å². The van der Waals surface area contributed by atoms with Crippen LogP contribution in [-0.4, -0.2) is 19.6 Å². The topological polar surface area (TPSA) is 63.0 Å². The third-order valence-corrected chi connectivity index (χ3v) is 4.39. The first-order valence-electron chi connectivity index (χ1n) is 7.21. The number of aryl methyl sites for hydroxylation is 1. The number of aromatic amines is 1. The highest BCUT2D eigenvalue weighted by Crippen LogP contribution is 2.21. The molecule has 0 fully saturated rings. The Kier molecular flexibility index (Phi) is 4.02. The molecular formula is C16H18N4OS. The third kappa shape index (κ3) is 3.06. The number of nitrogens with zero attached hydrogens (tertiary/aromatic N) is 3. The average Bonchev–Trinajstić information content (AvgIpc) is 2.89. The first-order valence-corrected chi connectivity index (χ1v) is 8.19. The van der Waals surface area contributed by atoms with Crippen LogP contribution in [0, 0.1) is 6.92 Å². The number of hydrogen-bond acceptors (Lipinski definition) is 4. The van der Waals surface area contributed by atoms with E-state index in [2.05, 4.69) is 53.2 Å². The van der Waals surface area contributed by atoms with Gasteiger partial charge in [0.1, 0.15) is 0 Å². The van der Waals surface area contributed by atoms with E-state index in [0.29, 0.717) is 22.5 Å². The van der Waals surface area contributed by atoms with Gasteiger partial charge < -0.3 is 0 Å². The van der Waals surface area contributed by atoms with Gasteiger partial charge in [0.15, 0.2) is 5.16 Å². The van der Waals surface area contributed by atoms with Crippen molar-refractivity contribution in [3.05, 3.63) is 57.5 Å². The minimum atomic E-state index is -0.136. The van der Waals surface area contributed by atoms with Crippen LogP contribution in [-0.2, 0) is 5.75 Å². The molecule has 2 heterocycles. The zero-order valence-electron chi connectivity index (χ0n) is 12.8. The maximum Gasteiger partial charge on any atom is 0.274 e. The number of H-pyrrole nitrogens is 1. The molecule has 0 aliphatic rings. The third-order valence-electron chi connectivity index (χ3n) is 3.46. The monoisotopic (exact) mass is 314 g/mol. The summed E-state index contributed by atoms with van der Waals surface area (Å²) in [6.07, 6.45) is 0.